The monoisotopic (exact) mass is 324 g/mol. The number of rotatable bonds is 4. The fraction of sp³-hybridized carbons (Fsp3) is 0.154. The first kappa shape index (κ1) is 13.1. The Bertz CT molecular complexity index is 536. The summed E-state index contributed by atoms with van der Waals surface area (Å²) < 4.78 is 1.07. The summed E-state index contributed by atoms with van der Waals surface area (Å²) in [5.41, 5.74) is 1.67. The maximum atomic E-state index is 11.9. The van der Waals surface area contributed by atoms with Crippen LogP contribution >= 0.6 is 27.3 Å². The number of hydrogen-bond acceptors (Lipinski definition) is 3. The number of nitrogens with one attached hydrogen (secondary N) is 2. The first-order chi connectivity index (χ1) is 8.69. The summed E-state index contributed by atoms with van der Waals surface area (Å²) in [6, 6.07) is 11.4. The third-order valence-electron chi connectivity index (χ3n) is 2.49. The van der Waals surface area contributed by atoms with Gasteiger partial charge in [-0.15, -0.1) is 11.3 Å². The molecule has 2 aromatic rings. The van der Waals surface area contributed by atoms with Crippen molar-refractivity contribution in [3.8, 4) is 0 Å². The molecule has 0 saturated heterocycles. The summed E-state index contributed by atoms with van der Waals surface area (Å²) in [6.07, 6.45) is 0. The van der Waals surface area contributed by atoms with Gasteiger partial charge in [0, 0.05) is 23.2 Å². The Hall–Kier alpha value is -1.33. The standard InChI is InChI=1S/C13H13BrN2OS/c1-15-10-4-2-9(3-5-10)13(17)16-8-11-6-7-12(14)18-11/h2-7,15H,8H2,1H3,(H,16,17). The van der Waals surface area contributed by atoms with Crippen molar-refractivity contribution in [3.63, 3.8) is 0 Å². The highest BCUT2D eigenvalue weighted by molar-refractivity contribution is 9.11. The van der Waals surface area contributed by atoms with E-state index in [0.717, 1.165) is 14.4 Å². The van der Waals surface area contributed by atoms with Crippen molar-refractivity contribution in [2.75, 3.05) is 12.4 Å². The largest absolute Gasteiger partial charge is 0.388 e. The molecule has 2 N–H and O–H groups in total. The highest BCUT2D eigenvalue weighted by Gasteiger charge is 2.05. The molecule has 0 bridgehead atoms. The maximum absolute atomic E-state index is 11.9. The van der Waals surface area contributed by atoms with Gasteiger partial charge in [0.1, 0.15) is 0 Å². The molecule has 0 fully saturated rings. The Balaban J connectivity index is 1.94. The molecule has 0 aliphatic rings. The maximum Gasteiger partial charge on any atom is 0.251 e. The minimum atomic E-state index is -0.0535. The molecule has 0 radical (unpaired) electrons. The first-order valence-corrected chi connectivity index (χ1v) is 7.10. The molecular formula is C13H13BrN2OS. The normalized spacial score (nSPS) is 10.1. The lowest BCUT2D eigenvalue weighted by Gasteiger charge is -2.05. The number of hydrogen-bond donors (Lipinski definition) is 2. The van der Waals surface area contributed by atoms with E-state index in [2.05, 4.69) is 26.6 Å². The van der Waals surface area contributed by atoms with Gasteiger partial charge in [0.25, 0.3) is 5.91 Å². The van der Waals surface area contributed by atoms with E-state index in [0.29, 0.717) is 12.1 Å². The highest BCUT2D eigenvalue weighted by atomic mass is 79.9. The van der Waals surface area contributed by atoms with Crippen molar-refractivity contribution in [1.29, 1.82) is 0 Å². The summed E-state index contributed by atoms with van der Waals surface area (Å²) in [5, 5.41) is 5.91. The summed E-state index contributed by atoms with van der Waals surface area (Å²) in [5.74, 6) is -0.0535. The van der Waals surface area contributed by atoms with Gasteiger partial charge in [-0.1, -0.05) is 0 Å². The van der Waals surface area contributed by atoms with Gasteiger partial charge < -0.3 is 10.6 Å². The van der Waals surface area contributed by atoms with Crippen molar-refractivity contribution < 1.29 is 4.79 Å². The van der Waals surface area contributed by atoms with Gasteiger partial charge in [0.05, 0.1) is 10.3 Å². The van der Waals surface area contributed by atoms with Crippen molar-refractivity contribution in [3.05, 3.63) is 50.6 Å². The Kier molecular flexibility index (Phi) is 4.38. The molecule has 1 heterocycles. The molecule has 0 aliphatic carbocycles. The van der Waals surface area contributed by atoms with Crippen LogP contribution in [0.2, 0.25) is 0 Å². The lowest BCUT2D eigenvalue weighted by molar-refractivity contribution is 0.0951. The molecule has 94 valence electrons. The molecular weight excluding hydrogens is 312 g/mol. The molecule has 5 heteroatoms. The second kappa shape index (κ2) is 6.02. The first-order valence-electron chi connectivity index (χ1n) is 5.49. The topological polar surface area (TPSA) is 41.1 Å². The smallest absolute Gasteiger partial charge is 0.251 e. The summed E-state index contributed by atoms with van der Waals surface area (Å²) in [4.78, 5) is 13.0. The molecule has 0 atom stereocenters. The minimum Gasteiger partial charge on any atom is -0.388 e. The fourth-order valence-corrected chi connectivity index (χ4v) is 2.93. The molecule has 0 aliphatic heterocycles. The Morgan fingerprint density at radius 3 is 2.50 bits per heavy atom. The van der Waals surface area contributed by atoms with Crippen LogP contribution in [-0.2, 0) is 6.54 Å². The lowest BCUT2D eigenvalue weighted by atomic mass is 10.2. The van der Waals surface area contributed by atoms with Gasteiger partial charge in [0.15, 0.2) is 0 Å². The molecule has 1 amide bonds. The predicted molar refractivity (Wildman–Crippen MR) is 79.2 cm³/mol. The molecule has 0 unspecified atom stereocenters. The van der Waals surface area contributed by atoms with E-state index in [-0.39, 0.29) is 5.91 Å². The van der Waals surface area contributed by atoms with E-state index < -0.39 is 0 Å². The van der Waals surface area contributed by atoms with Crippen LogP contribution in [0.5, 0.6) is 0 Å². The fourth-order valence-electron chi connectivity index (χ4n) is 1.50. The van der Waals surface area contributed by atoms with E-state index in [1.54, 1.807) is 11.3 Å². The van der Waals surface area contributed by atoms with Crippen LogP contribution in [0.15, 0.2) is 40.2 Å². The molecule has 3 nitrogen and oxygen atoms in total. The van der Waals surface area contributed by atoms with Gasteiger partial charge in [0.2, 0.25) is 0 Å². The van der Waals surface area contributed by atoms with E-state index in [1.807, 2.05) is 43.4 Å². The average molecular weight is 325 g/mol. The molecule has 0 saturated carbocycles. The molecule has 2 rings (SSSR count). The summed E-state index contributed by atoms with van der Waals surface area (Å²) in [6.45, 7) is 0.558. The zero-order valence-electron chi connectivity index (χ0n) is 9.87. The SMILES string of the molecule is CNc1ccc(C(=O)NCc2ccc(Br)s2)cc1. The van der Waals surface area contributed by atoms with Crippen molar-refractivity contribution in [2.45, 2.75) is 6.54 Å². The van der Waals surface area contributed by atoms with Crippen molar-refractivity contribution in [2.24, 2.45) is 0 Å². The summed E-state index contributed by atoms with van der Waals surface area (Å²) >= 11 is 5.02. The predicted octanol–water partition coefficient (Wildman–Crippen LogP) is 3.48. The molecule has 1 aromatic heterocycles. The second-order valence-corrected chi connectivity index (χ2v) is 6.26. The van der Waals surface area contributed by atoms with Crippen LogP contribution in [0.3, 0.4) is 0 Å². The minimum absolute atomic E-state index is 0.0535. The number of thiophene rings is 1. The quantitative estimate of drug-likeness (QED) is 0.904. The van der Waals surface area contributed by atoms with E-state index in [9.17, 15) is 4.79 Å². The third kappa shape index (κ3) is 3.34. The molecule has 1 aromatic carbocycles. The van der Waals surface area contributed by atoms with Gasteiger partial charge in [-0.05, 0) is 52.3 Å². The van der Waals surface area contributed by atoms with Crippen LogP contribution in [-0.4, -0.2) is 13.0 Å². The number of benzene rings is 1. The zero-order valence-corrected chi connectivity index (χ0v) is 12.3. The Labute approximate surface area is 118 Å². The van der Waals surface area contributed by atoms with Crippen LogP contribution < -0.4 is 10.6 Å². The van der Waals surface area contributed by atoms with E-state index in [4.69, 9.17) is 0 Å². The van der Waals surface area contributed by atoms with Crippen LogP contribution in [0.4, 0.5) is 5.69 Å². The number of carbonyl (C=O) groups excluding carboxylic acids is 1. The van der Waals surface area contributed by atoms with Gasteiger partial charge in [-0.2, -0.15) is 0 Å². The van der Waals surface area contributed by atoms with Crippen LogP contribution in [0, 0.1) is 0 Å². The Morgan fingerprint density at radius 2 is 1.94 bits per heavy atom. The van der Waals surface area contributed by atoms with Crippen molar-refractivity contribution >= 4 is 38.9 Å². The summed E-state index contributed by atoms with van der Waals surface area (Å²) in [7, 11) is 1.85. The van der Waals surface area contributed by atoms with Gasteiger partial charge >= 0.3 is 0 Å². The second-order valence-electron chi connectivity index (χ2n) is 3.72. The van der Waals surface area contributed by atoms with Gasteiger partial charge in [-0.25, -0.2) is 0 Å². The van der Waals surface area contributed by atoms with E-state index >= 15 is 0 Å². The number of anilines is 1. The van der Waals surface area contributed by atoms with E-state index in [1.165, 1.54) is 0 Å². The molecule has 0 spiro atoms. The molecule has 18 heavy (non-hydrogen) atoms. The third-order valence-corrected chi connectivity index (χ3v) is 4.11. The van der Waals surface area contributed by atoms with Gasteiger partial charge in [-0.3, -0.25) is 4.79 Å². The number of carbonyl (C=O) groups is 1. The number of halogens is 1. The highest BCUT2D eigenvalue weighted by Crippen LogP contribution is 2.21. The van der Waals surface area contributed by atoms with Crippen LogP contribution in [0.1, 0.15) is 15.2 Å². The average Bonchev–Trinajstić information content (AvgIpc) is 2.82. The zero-order chi connectivity index (χ0) is 13.0. The van der Waals surface area contributed by atoms with Crippen molar-refractivity contribution in [1.82, 2.24) is 5.32 Å². The number of amides is 1. The lowest BCUT2D eigenvalue weighted by Crippen LogP contribution is -2.22. The van der Waals surface area contributed by atoms with Crippen LogP contribution in [0.25, 0.3) is 0 Å². The Morgan fingerprint density at radius 1 is 1.22 bits per heavy atom.